The largest absolute Gasteiger partial charge is 1.00 e. The molecule has 6 nitrogen and oxygen atoms in total. The van der Waals surface area contributed by atoms with Crippen LogP contribution in [0.1, 0.15) is 12.6 Å². The molecule has 0 atom stereocenters. The maximum absolute atomic E-state index is 13.2. The molecule has 0 aliphatic heterocycles. The summed E-state index contributed by atoms with van der Waals surface area (Å²) in [6.45, 7) is 4.71. The van der Waals surface area contributed by atoms with Crippen LogP contribution in [0.5, 0.6) is 5.75 Å². The average molecular weight is 458 g/mol. The summed E-state index contributed by atoms with van der Waals surface area (Å²) in [7, 11) is 0. The molecule has 0 radical (unpaired) electrons. The first kappa shape index (κ1) is 22.3. The van der Waals surface area contributed by atoms with E-state index in [1.54, 1.807) is 25.1 Å². The van der Waals surface area contributed by atoms with Gasteiger partial charge in [-0.05, 0) is 55.1 Å². The third kappa shape index (κ3) is 3.79. The summed E-state index contributed by atoms with van der Waals surface area (Å²) in [6, 6.07) is 13.0. The van der Waals surface area contributed by atoms with Crippen molar-refractivity contribution in [3.05, 3.63) is 69.7 Å². The van der Waals surface area contributed by atoms with Crippen LogP contribution >= 0.6 is 11.6 Å². The number of halogens is 1. The summed E-state index contributed by atoms with van der Waals surface area (Å²) in [5.74, 6) is -0.263. The first-order valence-corrected chi connectivity index (χ1v) is 9.93. The summed E-state index contributed by atoms with van der Waals surface area (Å²) < 4.78 is 7.32. The topological polar surface area (TPSA) is 86.9 Å². The van der Waals surface area contributed by atoms with Crippen molar-refractivity contribution in [2.75, 3.05) is 0 Å². The number of aryl methyl sites for hydroxylation is 2. The van der Waals surface area contributed by atoms with E-state index >= 15 is 0 Å². The molecule has 150 valence electrons. The molecule has 0 bridgehead atoms. The Hall–Kier alpha value is -1.87. The normalized spacial score (nSPS) is 11.2. The number of nitrogens with one attached hydrogen (secondary N) is 1. The van der Waals surface area contributed by atoms with E-state index in [1.165, 1.54) is 0 Å². The molecule has 0 amide bonds. The van der Waals surface area contributed by atoms with Gasteiger partial charge in [0.25, 0.3) is 5.56 Å². The molecule has 0 spiro atoms. The SMILES string of the molecule is CCn1ccc2cc(-c3cc4c([O-])c(-c5cc(C)no5)c(=O)[nH]c4cc3Cl)ccc21.[K+]. The molecule has 0 aliphatic rings. The van der Waals surface area contributed by atoms with Crippen LogP contribution in [0.15, 0.2) is 58.0 Å². The molecule has 0 saturated carbocycles. The van der Waals surface area contributed by atoms with E-state index in [1.807, 2.05) is 24.4 Å². The predicted octanol–water partition coefficient (Wildman–Crippen LogP) is 1.86. The van der Waals surface area contributed by atoms with Gasteiger partial charge in [-0.15, -0.1) is 0 Å². The molecule has 3 heterocycles. The molecular formula is C23H17ClKN3O3. The van der Waals surface area contributed by atoms with Gasteiger partial charge >= 0.3 is 51.4 Å². The Balaban J connectivity index is 0.00000231. The van der Waals surface area contributed by atoms with Crippen molar-refractivity contribution in [2.45, 2.75) is 20.4 Å². The van der Waals surface area contributed by atoms with Crippen molar-refractivity contribution < 1.29 is 61.0 Å². The minimum absolute atomic E-state index is 0. The van der Waals surface area contributed by atoms with E-state index in [-0.39, 0.29) is 62.7 Å². The van der Waals surface area contributed by atoms with Crippen molar-refractivity contribution >= 4 is 33.4 Å². The second-order valence-corrected chi connectivity index (χ2v) is 7.65. The van der Waals surface area contributed by atoms with Crippen molar-refractivity contribution in [3.8, 4) is 28.2 Å². The molecule has 0 fully saturated rings. The summed E-state index contributed by atoms with van der Waals surface area (Å²) in [4.78, 5) is 15.3. The van der Waals surface area contributed by atoms with Crippen LogP contribution in [0.25, 0.3) is 44.3 Å². The zero-order chi connectivity index (χ0) is 21.0. The third-order valence-corrected chi connectivity index (χ3v) is 5.66. The molecule has 0 aliphatic carbocycles. The molecule has 1 N–H and O–H groups in total. The average Bonchev–Trinajstić information content (AvgIpc) is 3.33. The number of hydrogen-bond donors (Lipinski definition) is 1. The standard InChI is InChI=1S/C23H18ClN3O3.K/c1-3-27-7-6-14-9-13(4-5-19(14)27)15-10-16-18(11-17(15)24)25-23(29)21(22(16)28)20-8-12(2)26-30-20;/h4-11H,3H2,1-2H3,(H2,25,28,29);/q;+1/p-1. The Labute approximate surface area is 225 Å². The van der Waals surface area contributed by atoms with Crippen LogP contribution in [0.4, 0.5) is 0 Å². The van der Waals surface area contributed by atoms with Crippen LogP contribution in [0, 0.1) is 6.92 Å². The van der Waals surface area contributed by atoms with Gasteiger partial charge in [0.05, 0.1) is 16.3 Å². The minimum Gasteiger partial charge on any atom is -0.871 e. The number of aromatic nitrogens is 3. The Morgan fingerprint density at radius 3 is 2.71 bits per heavy atom. The fourth-order valence-electron chi connectivity index (χ4n) is 3.86. The van der Waals surface area contributed by atoms with Crippen molar-refractivity contribution in [3.63, 3.8) is 0 Å². The number of fused-ring (bicyclic) bond motifs is 2. The minimum atomic E-state index is -0.533. The first-order chi connectivity index (χ1) is 14.5. The second kappa shape index (κ2) is 8.58. The number of H-pyrrole nitrogens is 1. The molecule has 8 heteroatoms. The van der Waals surface area contributed by atoms with Gasteiger partial charge in [-0.2, -0.15) is 0 Å². The van der Waals surface area contributed by atoms with E-state index in [4.69, 9.17) is 16.1 Å². The molecule has 2 aromatic carbocycles. The molecule has 5 rings (SSSR count). The zero-order valence-electron chi connectivity index (χ0n) is 17.3. The van der Waals surface area contributed by atoms with Gasteiger partial charge in [0.1, 0.15) is 0 Å². The Bertz CT molecular complexity index is 1500. The third-order valence-electron chi connectivity index (χ3n) is 5.35. The monoisotopic (exact) mass is 457 g/mol. The van der Waals surface area contributed by atoms with Crippen LogP contribution in [-0.4, -0.2) is 14.7 Å². The summed E-state index contributed by atoms with van der Waals surface area (Å²) in [6.07, 6.45) is 2.04. The summed E-state index contributed by atoms with van der Waals surface area (Å²) in [5, 5.41) is 18.8. The van der Waals surface area contributed by atoms with Gasteiger partial charge in [-0.25, -0.2) is 0 Å². The molecule has 3 aromatic heterocycles. The predicted molar refractivity (Wildman–Crippen MR) is 116 cm³/mol. The Morgan fingerprint density at radius 2 is 2.00 bits per heavy atom. The van der Waals surface area contributed by atoms with Gasteiger partial charge in [-0.1, -0.05) is 28.6 Å². The Kier molecular flexibility index (Phi) is 6.18. The first-order valence-electron chi connectivity index (χ1n) is 9.55. The van der Waals surface area contributed by atoms with Crippen LogP contribution < -0.4 is 62.1 Å². The summed E-state index contributed by atoms with van der Waals surface area (Å²) in [5.41, 5.74) is 3.13. The number of aromatic amines is 1. The fourth-order valence-corrected chi connectivity index (χ4v) is 4.13. The fraction of sp³-hybridized carbons (Fsp3) is 0.130. The molecule has 31 heavy (non-hydrogen) atoms. The van der Waals surface area contributed by atoms with E-state index in [2.05, 4.69) is 27.7 Å². The van der Waals surface area contributed by atoms with Gasteiger partial charge in [0.15, 0.2) is 5.76 Å². The molecule has 5 aromatic rings. The second-order valence-electron chi connectivity index (χ2n) is 7.24. The number of hydrogen-bond acceptors (Lipinski definition) is 4. The van der Waals surface area contributed by atoms with Crippen LogP contribution in [0.3, 0.4) is 0 Å². The van der Waals surface area contributed by atoms with Crippen LogP contribution in [-0.2, 0) is 6.54 Å². The quantitative estimate of drug-likeness (QED) is 0.419. The maximum Gasteiger partial charge on any atom is 1.00 e. The van der Waals surface area contributed by atoms with Gasteiger partial charge < -0.3 is 19.2 Å². The zero-order valence-corrected chi connectivity index (χ0v) is 21.2. The number of nitrogens with zero attached hydrogens (tertiary/aromatic N) is 2. The maximum atomic E-state index is 13.2. The molecule has 0 saturated heterocycles. The Morgan fingerprint density at radius 1 is 1.19 bits per heavy atom. The van der Waals surface area contributed by atoms with Crippen molar-refractivity contribution in [1.82, 2.24) is 14.7 Å². The van der Waals surface area contributed by atoms with E-state index in [9.17, 15) is 9.90 Å². The van der Waals surface area contributed by atoms with Crippen LogP contribution in [0.2, 0.25) is 5.02 Å². The van der Waals surface area contributed by atoms with E-state index in [0.29, 0.717) is 21.6 Å². The van der Waals surface area contributed by atoms with Gasteiger partial charge in [0.2, 0.25) is 0 Å². The van der Waals surface area contributed by atoms with E-state index < -0.39 is 11.3 Å². The van der Waals surface area contributed by atoms with Gasteiger partial charge in [-0.3, -0.25) is 4.79 Å². The van der Waals surface area contributed by atoms with E-state index in [0.717, 1.165) is 28.6 Å². The number of pyridine rings is 1. The number of rotatable bonds is 3. The van der Waals surface area contributed by atoms with Crippen molar-refractivity contribution in [1.29, 1.82) is 0 Å². The van der Waals surface area contributed by atoms with Crippen molar-refractivity contribution in [2.24, 2.45) is 0 Å². The number of benzene rings is 2. The molecule has 0 unspecified atom stereocenters. The molecular weight excluding hydrogens is 441 g/mol. The van der Waals surface area contributed by atoms with Gasteiger partial charge in [0, 0.05) is 40.8 Å². The smallest absolute Gasteiger partial charge is 0.871 e. The summed E-state index contributed by atoms with van der Waals surface area (Å²) >= 11 is 6.53.